The number of aliphatic hydroxyl groups is 6. The van der Waals surface area contributed by atoms with Gasteiger partial charge in [0.25, 0.3) is 0 Å². The van der Waals surface area contributed by atoms with Crippen molar-refractivity contribution >= 4 is 5.97 Å². The first-order valence-electron chi connectivity index (χ1n) is 12.1. The van der Waals surface area contributed by atoms with Gasteiger partial charge in [-0.25, -0.2) is 4.79 Å². The lowest BCUT2D eigenvalue weighted by Crippen LogP contribution is -2.61. The number of benzene rings is 1. The van der Waals surface area contributed by atoms with Crippen LogP contribution in [0.15, 0.2) is 18.2 Å². The molecule has 2 aliphatic carbocycles. The van der Waals surface area contributed by atoms with Crippen LogP contribution in [0.1, 0.15) is 23.2 Å². The fourth-order valence-electron chi connectivity index (χ4n) is 6.18. The Morgan fingerprint density at radius 3 is 2.59 bits per heavy atom. The van der Waals surface area contributed by atoms with E-state index < -0.39 is 85.1 Å². The summed E-state index contributed by atoms with van der Waals surface area (Å²) in [6.45, 7) is -0.869. The average molecular weight is 529 g/mol. The second-order valence-corrected chi connectivity index (χ2v) is 10.2. The van der Waals surface area contributed by atoms with E-state index in [2.05, 4.69) is 0 Å². The maximum atomic E-state index is 12.9. The molecule has 4 bridgehead atoms. The molecule has 0 radical (unpaired) electrons. The Balaban J connectivity index is 1.38. The lowest BCUT2D eigenvalue weighted by Gasteiger charge is -2.44. The number of carbonyl (C=O) groups excluding carboxylic acids is 1. The minimum atomic E-state index is -1.85. The van der Waals surface area contributed by atoms with Gasteiger partial charge in [0.05, 0.1) is 38.1 Å². The molecule has 6 rings (SSSR count). The van der Waals surface area contributed by atoms with Crippen LogP contribution in [0.2, 0.25) is 0 Å². The molecule has 5 aliphatic rings. The molecule has 37 heavy (non-hydrogen) atoms. The zero-order chi connectivity index (χ0) is 26.6. The Bertz CT molecular complexity index is 1000. The molecule has 0 amide bonds. The standard InChI is InChI=1S/C24H32O13/c1-33-13-4-9(2-3-12(13)26)22(31)37-20-11-5-10-6-14(16(11)24(32,8-34-10)21(20)30)35-23-19(29)18(28)17(27)15(7-25)36-23/h2-4,10-11,14-21,23,25-30,32H,5-8H2,1H3/t10-,11+,14+,15+,16+,17+,18-,19+,20-,21+,23+,24-/m0/s1. The quantitative estimate of drug-likeness (QED) is 0.193. The summed E-state index contributed by atoms with van der Waals surface area (Å²) in [7, 11) is 1.33. The van der Waals surface area contributed by atoms with Crippen molar-refractivity contribution in [3.63, 3.8) is 0 Å². The number of phenolic OH excluding ortho intramolecular Hbond substituents is 1. The van der Waals surface area contributed by atoms with Crippen LogP contribution in [0.5, 0.6) is 11.5 Å². The fraction of sp³-hybridized carbons (Fsp3) is 0.708. The van der Waals surface area contributed by atoms with E-state index in [0.29, 0.717) is 6.42 Å². The summed E-state index contributed by atoms with van der Waals surface area (Å²) < 4.78 is 28.0. The van der Waals surface area contributed by atoms with Gasteiger partial charge < -0.3 is 59.4 Å². The van der Waals surface area contributed by atoms with Gasteiger partial charge in [0.1, 0.15) is 42.2 Å². The largest absolute Gasteiger partial charge is 0.504 e. The number of aromatic hydroxyl groups is 1. The Hall–Kier alpha value is -2.07. The van der Waals surface area contributed by atoms with Gasteiger partial charge in [0.2, 0.25) is 0 Å². The van der Waals surface area contributed by atoms with Crippen molar-refractivity contribution < 1.29 is 64.2 Å². The number of esters is 1. The molecule has 7 N–H and O–H groups in total. The minimum absolute atomic E-state index is 0.0658. The van der Waals surface area contributed by atoms with Gasteiger partial charge in [0, 0.05) is 18.3 Å². The highest BCUT2D eigenvalue weighted by Crippen LogP contribution is 2.54. The lowest BCUT2D eigenvalue weighted by molar-refractivity contribution is -0.321. The molecule has 2 saturated carbocycles. The molecule has 13 heteroatoms. The summed E-state index contributed by atoms with van der Waals surface area (Å²) in [5.41, 5.74) is -1.78. The molecular formula is C24H32O13. The van der Waals surface area contributed by atoms with E-state index in [1.165, 1.54) is 25.3 Å². The van der Waals surface area contributed by atoms with Crippen molar-refractivity contribution in [2.75, 3.05) is 20.3 Å². The second kappa shape index (κ2) is 9.91. The van der Waals surface area contributed by atoms with Crippen LogP contribution in [0, 0.1) is 11.8 Å². The van der Waals surface area contributed by atoms with Crippen LogP contribution in [0.4, 0.5) is 0 Å². The molecule has 5 fully saturated rings. The van der Waals surface area contributed by atoms with E-state index in [0.717, 1.165) is 0 Å². The van der Waals surface area contributed by atoms with Gasteiger partial charge in [0.15, 0.2) is 17.8 Å². The lowest BCUT2D eigenvalue weighted by atomic mass is 9.74. The number of rotatable bonds is 6. The van der Waals surface area contributed by atoms with Crippen molar-refractivity contribution in [2.24, 2.45) is 11.8 Å². The van der Waals surface area contributed by atoms with Crippen molar-refractivity contribution in [2.45, 2.75) is 73.6 Å². The number of aliphatic hydroxyl groups excluding tert-OH is 5. The molecule has 206 valence electrons. The maximum Gasteiger partial charge on any atom is 0.338 e. The molecule has 13 nitrogen and oxygen atoms in total. The maximum absolute atomic E-state index is 12.9. The summed E-state index contributed by atoms with van der Waals surface area (Å²) in [6, 6.07) is 3.92. The third kappa shape index (κ3) is 4.37. The van der Waals surface area contributed by atoms with E-state index in [4.69, 9.17) is 23.7 Å². The van der Waals surface area contributed by atoms with Crippen LogP contribution in [-0.4, -0.2) is 123 Å². The number of methoxy groups -OCH3 is 1. The first kappa shape index (κ1) is 26.5. The predicted octanol–water partition coefficient (Wildman–Crippen LogP) is -2.36. The number of hydrogen-bond donors (Lipinski definition) is 7. The van der Waals surface area contributed by atoms with Crippen LogP contribution >= 0.6 is 0 Å². The zero-order valence-electron chi connectivity index (χ0n) is 20.0. The number of carbonyl (C=O) groups is 1. The van der Waals surface area contributed by atoms with Gasteiger partial charge in [-0.05, 0) is 24.6 Å². The summed E-state index contributed by atoms with van der Waals surface area (Å²) in [6.07, 6.45) is -10.7. The summed E-state index contributed by atoms with van der Waals surface area (Å²) in [4.78, 5) is 12.9. The van der Waals surface area contributed by atoms with Crippen molar-refractivity contribution in [1.82, 2.24) is 0 Å². The number of hydrogen-bond acceptors (Lipinski definition) is 13. The molecular weight excluding hydrogens is 496 g/mol. The predicted molar refractivity (Wildman–Crippen MR) is 119 cm³/mol. The summed E-state index contributed by atoms with van der Waals surface area (Å²) in [5, 5.41) is 72.6. The molecule has 1 aromatic rings. The van der Waals surface area contributed by atoms with E-state index in [9.17, 15) is 40.5 Å². The fourth-order valence-corrected chi connectivity index (χ4v) is 6.18. The topological polar surface area (TPSA) is 205 Å². The number of ether oxygens (including phenoxy) is 5. The van der Waals surface area contributed by atoms with Crippen LogP contribution in [0.3, 0.4) is 0 Å². The van der Waals surface area contributed by atoms with Crippen molar-refractivity contribution in [3.05, 3.63) is 23.8 Å². The molecule has 3 aliphatic heterocycles. The molecule has 0 aromatic heterocycles. The van der Waals surface area contributed by atoms with Gasteiger partial charge in [-0.2, -0.15) is 0 Å². The first-order valence-corrected chi connectivity index (χ1v) is 12.1. The molecule has 0 unspecified atom stereocenters. The third-order valence-corrected chi connectivity index (χ3v) is 8.08. The van der Waals surface area contributed by atoms with E-state index >= 15 is 0 Å². The highest BCUT2D eigenvalue weighted by Gasteiger charge is 2.68. The first-order chi connectivity index (χ1) is 17.6. The Kier molecular flexibility index (Phi) is 7.11. The highest BCUT2D eigenvalue weighted by molar-refractivity contribution is 5.90. The van der Waals surface area contributed by atoms with E-state index in [1.807, 2.05) is 0 Å². The molecule has 12 atom stereocenters. The van der Waals surface area contributed by atoms with Gasteiger partial charge in [-0.1, -0.05) is 0 Å². The van der Waals surface area contributed by atoms with E-state index in [-0.39, 0.29) is 30.1 Å². The molecule has 0 spiro atoms. The summed E-state index contributed by atoms with van der Waals surface area (Å²) in [5.74, 6) is -2.26. The molecule has 3 saturated heterocycles. The van der Waals surface area contributed by atoms with Gasteiger partial charge >= 0.3 is 5.97 Å². The SMILES string of the molecule is COc1cc(C(=O)O[C@H]2[C@@H]3C[C@H]4C[C@@H](O[C@@H]5O[C@H](CO)[C@@H](O)[C@H](O)[C@H]5O)[C@@H]3[C@@](O)(CO4)[C@@H]2O)ccc1O. The van der Waals surface area contributed by atoms with Crippen molar-refractivity contribution in [1.29, 1.82) is 0 Å². The Morgan fingerprint density at radius 2 is 1.89 bits per heavy atom. The van der Waals surface area contributed by atoms with Crippen LogP contribution in [-0.2, 0) is 18.9 Å². The van der Waals surface area contributed by atoms with Gasteiger partial charge in [-0.15, -0.1) is 0 Å². The average Bonchev–Trinajstić information content (AvgIpc) is 3.00. The van der Waals surface area contributed by atoms with Crippen LogP contribution in [0.25, 0.3) is 0 Å². The molecule has 1 aromatic carbocycles. The Morgan fingerprint density at radius 1 is 1.14 bits per heavy atom. The number of phenols is 1. The highest BCUT2D eigenvalue weighted by atomic mass is 16.7. The third-order valence-electron chi connectivity index (χ3n) is 8.08. The zero-order valence-corrected chi connectivity index (χ0v) is 20.0. The van der Waals surface area contributed by atoms with Crippen LogP contribution < -0.4 is 4.74 Å². The van der Waals surface area contributed by atoms with Gasteiger partial charge in [-0.3, -0.25) is 0 Å². The van der Waals surface area contributed by atoms with E-state index in [1.54, 1.807) is 0 Å². The Labute approximate surface area is 211 Å². The molecule has 3 heterocycles. The summed E-state index contributed by atoms with van der Waals surface area (Å²) >= 11 is 0. The smallest absolute Gasteiger partial charge is 0.338 e. The second-order valence-electron chi connectivity index (χ2n) is 10.2. The van der Waals surface area contributed by atoms with Crippen molar-refractivity contribution in [3.8, 4) is 11.5 Å². The normalized spacial score (nSPS) is 44.9. The minimum Gasteiger partial charge on any atom is -0.504 e. The number of fused-ring (bicyclic) bond motifs is 2. The monoisotopic (exact) mass is 528 g/mol.